The largest absolute Gasteiger partial charge is 0.481 e. The summed E-state index contributed by atoms with van der Waals surface area (Å²) < 4.78 is 47.0. The van der Waals surface area contributed by atoms with Gasteiger partial charge < -0.3 is 20.1 Å². The number of carbonyl (C=O) groups is 2. The Labute approximate surface area is 214 Å². The number of aromatic nitrogens is 1. The van der Waals surface area contributed by atoms with Crippen LogP contribution >= 0.6 is 0 Å². The maximum Gasteiger partial charge on any atom is 0.416 e. The molecule has 0 saturated heterocycles. The summed E-state index contributed by atoms with van der Waals surface area (Å²) in [5, 5.41) is 10.3. The first-order valence-corrected chi connectivity index (χ1v) is 11.6. The number of primary amides is 1. The lowest BCUT2D eigenvalue weighted by Crippen LogP contribution is -2.11. The number of nitrogens with zero attached hydrogens (tertiary/aromatic N) is 1. The average Bonchev–Trinajstić information content (AvgIpc) is 3.21. The van der Waals surface area contributed by atoms with Gasteiger partial charge in [-0.15, -0.1) is 0 Å². The summed E-state index contributed by atoms with van der Waals surface area (Å²) in [4.78, 5) is 23.8. The molecule has 6 nitrogen and oxygen atoms in total. The van der Waals surface area contributed by atoms with Crippen LogP contribution in [0.3, 0.4) is 0 Å². The minimum absolute atomic E-state index is 0.172. The van der Waals surface area contributed by atoms with Crippen LogP contribution in [0.5, 0.6) is 5.75 Å². The number of hydrogen-bond donors (Lipinski definition) is 2. The number of aliphatic carboxylic acids is 1. The summed E-state index contributed by atoms with van der Waals surface area (Å²) in [6, 6.07) is 22.7. The predicted molar refractivity (Wildman–Crippen MR) is 137 cm³/mol. The molecule has 5 rings (SSSR count). The van der Waals surface area contributed by atoms with Gasteiger partial charge in [0.2, 0.25) is 5.91 Å². The Bertz CT molecular complexity index is 1670. The molecule has 1 aromatic heterocycles. The Hall–Kier alpha value is -4.79. The molecular weight excluding hydrogens is 497 g/mol. The number of carboxylic acids is 1. The van der Waals surface area contributed by atoms with Gasteiger partial charge in [0.1, 0.15) is 5.75 Å². The molecule has 38 heavy (non-hydrogen) atoms. The molecule has 5 aromatic rings. The molecule has 0 aliphatic rings. The summed E-state index contributed by atoms with van der Waals surface area (Å²) in [6.07, 6.45) is -4.48. The first-order chi connectivity index (χ1) is 18.1. The first-order valence-electron chi connectivity index (χ1n) is 11.6. The number of alkyl halides is 3. The number of ether oxygens (including phenoxy) is 1. The maximum absolute atomic E-state index is 13.1. The Morgan fingerprint density at radius 1 is 0.842 bits per heavy atom. The van der Waals surface area contributed by atoms with Crippen molar-refractivity contribution >= 4 is 33.7 Å². The van der Waals surface area contributed by atoms with Gasteiger partial charge in [0.15, 0.2) is 6.61 Å². The van der Waals surface area contributed by atoms with Gasteiger partial charge in [0, 0.05) is 17.5 Å². The fraction of sp³-hybridized carbons (Fsp3) is 0.103. The Morgan fingerprint density at radius 3 is 2.18 bits per heavy atom. The van der Waals surface area contributed by atoms with Gasteiger partial charge in [-0.2, -0.15) is 13.2 Å². The molecule has 0 atom stereocenters. The standard InChI is InChI=1S/C29H21F3N2O4/c30-29(31,32)20-11-9-18(10-12-20)19-13-23-27(24(14-19)38-16-25(35)36)26-21(28(33)37)7-4-8-22(26)34(23)15-17-5-2-1-3-6-17/h1-14H,15-16H2,(H2,33,37)(H,35,36). The van der Waals surface area contributed by atoms with Crippen LogP contribution in [0.15, 0.2) is 84.9 Å². The Balaban J connectivity index is 1.82. The molecule has 1 amide bonds. The monoisotopic (exact) mass is 518 g/mol. The van der Waals surface area contributed by atoms with Crippen molar-refractivity contribution in [3.8, 4) is 16.9 Å². The lowest BCUT2D eigenvalue weighted by atomic mass is 9.99. The van der Waals surface area contributed by atoms with E-state index in [9.17, 15) is 27.9 Å². The van der Waals surface area contributed by atoms with E-state index in [1.807, 2.05) is 41.0 Å². The number of rotatable bonds is 7. The summed E-state index contributed by atoms with van der Waals surface area (Å²) in [6.45, 7) is -0.256. The van der Waals surface area contributed by atoms with Gasteiger partial charge >= 0.3 is 12.1 Å². The highest BCUT2D eigenvalue weighted by Crippen LogP contribution is 2.41. The summed E-state index contributed by atoms with van der Waals surface area (Å²) >= 11 is 0. The van der Waals surface area contributed by atoms with Crippen LogP contribution < -0.4 is 10.5 Å². The number of carbonyl (C=O) groups excluding carboxylic acids is 1. The van der Waals surface area contributed by atoms with Gasteiger partial charge in [0.05, 0.1) is 22.0 Å². The zero-order valence-electron chi connectivity index (χ0n) is 19.8. The first kappa shape index (κ1) is 24.9. The van der Waals surface area contributed by atoms with E-state index in [1.54, 1.807) is 24.3 Å². The molecule has 0 saturated carbocycles. The van der Waals surface area contributed by atoms with Crippen molar-refractivity contribution in [2.45, 2.75) is 12.7 Å². The fourth-order valence-electron chi connectivity index (χ4n) is 4.64. The average molecular weight is 518 g/mol. The van der Waals surface area contributed by atoms with Gasteiger partial charge in [-0.05, 0) is 53.1 Å². The quantitative estimate of drug-likeness (QED) is 0.273. The van der Waals surface area contributed by atoms with Crippen molar-refractivity contribution in [1.29, 1.82) is 0 Å². The summed E-state index contributed by atoms with van der Waals surface area (Å²) in [5.74, 6) is -1.70. The van der Waals surface area contributed by atoms with Crippen LogP contribution in [-0.2, 0) is 17.5 Å². The van der Waals surface area contributed by atoms with Crippen LogP contribution in [0.4, 0.5) is 13.2 Å². The zero-order chi connectivity index (χ0) is 27.0. The third-order valence-corrected chi connectivity index (χ3v) is 6.30. The number of fused-ring (bicyclic) bond motifs is 3. The molecule has 0 aliphatic heterocycles. The van der Waals surface area contributed by atoms with E-state index >= 15 is 0 Å². The molecule has 0 radical (unpaired) electrons. The van der Waals surface area contributed by atoms with E-state index in [-0.39, 0.29) is 11.3 Å². The second-order valence-electron chi connectivity index (χ2n) is 8.76. The SMILES string of the molecule is NC(=O)c1cccc2c1c1c(OCC(=O)O)cc(-c3ccc(C(F)(F)F)cc3)cc1n2Cc1ccccc1. The van der Waals surface area contributed by atoms with E-state index < -0.39 is 30.2 Å². The minimum atomic E-state index is -4.48. The number of carboxylic acid groups (broad SMARTS) is 1. The normalized spacial score (nSPS) is 11.7. The van der Waals surface area contributed by atoms with E-state index in [0.29, 0.717) is 39.5 Å². The van der Waals surface area contributed by atoms with E-state index in [0.717, 1.165) is 17.7 Å². The van der Waals surface area contributed by atoms with Crippen molar-refractivity contribution in [3.63, 3.8) is 0 Å². The molecule has 192 valence electrons. The number of benzene rings is 4. The number of nitrogens with two attached hydrogens (primary N) is 1. The maximum atomic E-state index is 13.1. The highest BCUT2D eigenvalue weighted by atomic mass is 19.4. The Morgan fingerprint density at radius 2 is 1.55 bits per heavy atom. The van der Waals surface area contributed by atoms with Gasteiger partial charge in [-0.25, -0.2) is 4.79 Å². The molecular formula is C29H21F3N2O4. The molecule has 3 N–H and O–H groups in total. The van der Waals surface area contributed by atoms with Crippen molar-refractivity contribution in [1.82, 2.24) is 4.57 Å². The molecule has 0 spiro atoms. The fourth-order valence-corrected chi connectivity index (χ4v) is 4.64. The molecule has 9 heteroatoms. The Kier molecular flexibility index (Phi) is 6.28. The van der Waals surface area contributed by atoms with Crippen LogP contribution in [0.25, 0.3) is 32.9 Å². The third-order valence-electron chi connectivity index (χ3n) is 6.30. The van der Waals surface area contributed by atoms with Gasteiger partial charge in [-0.3, -0.25) is 4.79 Å². The lowest BCUT2D eigenvalue weighted by molar-refractivity contribution is -0.139. The molecule has 0 aliphatic carbocycles. The third kappa shape index (κ3) is 4.66. The molecule has 0 bridgehead atoms. The van der Waals surface area contributed by atoms with E-state index in [4.69, 9.17) is 10.5 Å². The van der Waals surface area contributed by atoms with Crippen LogP contribution in [0.2, 0.25) is 0 Å². The van der Waals surface area contributed by atoms with Gasteiger partial charge in [-0.1, -0.05) is 48.5 Å². The molecule has 1 heterocycles. The van der Waals surface area contributed by atoms with Crippen LogP contribution in [0.1, 0.15) is 21.5 Å². The second-order valence-corrected chi connectivity index (χ2v) is 8.76. The summed E-state index contributed by atoms with van der Waals surface area (Å²) in [7, 11) is 0. The topological polar surface area (TPSA) is 94.6 Å². The van der Waals surface area contributed by atoms with E-state index in [1.165, 1.54) is 12.1 Å². The smallest absolute Gasteiger partial charge is 0.416 e. The minimum Gasteiger partial charge on any atom is -0.481 e. The van der Waals surface area contributed by atoms with Crippen molar-refractivity contribution in [3.05, 3.63) is 102 Å². The van der Waals surface area contributed by atoms with Crippen LogP contribution in [0, 0.1) is 0 Å². The summed E-state index contributed by atoms with van der Waals surface area (Å²) in [5.41, 5.74) is 8.39. The highest BCUT2D eigenvalue weighted by molar-refractivity contribution is 6.20. The van der Waals surface area contributed by atoms with Gasteiger partial charge in [0.25, 0.3) is 0 Å². The van der Waals surface area contributed by atoms with Crippen molar-refractivity contribution < 1.29 is 32.6 Å². The second kappa shape index (κ2) is 9.59. The molecule has 4 aromatic carbocycles. The molecule has 0 fully saturated rings. The van der Waals surface area contributed by atoms with E-state index in [2.05, 4.69) is 0 Å². The van der Waals surface area contributed by atoms with Crippen molar-refractivity contribution in [2.75, 3.05) is 6.61 Å². The zero-order valence-corrected chi connectivity index (χ0v) is 19.8. The molecule has 0 unspecified atom stereocenters. The number of hydrogen-bond acceptors (Lipinski definition) is 3. The van der Waals surface area contributed by atoms with Crippen molar-refractivity contribution in [2.24, 2.45) is 5.73 Å². The number of amides is 1. The van der Waals surface area contributed by atoms with Crippen LogP contribution in [-0.4, -0.2) is 28.2 Å². The number of halogens is 3. The predicted octanol–water partition coefficient (Wildman–Crippen LogP) is 6.09. The highest BCUT2D eigenvalue weighted by Gasteiger charge is 2.30. The lowest BCUT2D eigenvalue weighted by Gasteiger charge is -2.13.